The van der Waals surface area contributed by atoms with Gasteiger partial charge in [0.25, 0.3) is 0 Å². The molecule has 1 aromatic heterocycles. The summed E-state index contributed by atoms with van der Waals surface area (Å²) in [4.78, 5) is 8.41. The molecule has 6 heteroatoms. The van der Waals surface area contributed by atoms with Gasteiger partial charge in [0.15, 0.2) is 5.82 Å². The van der Waals surface area contributed by atoms with Gasteiger partial charge in [-0.05, 0) is 12.7 Å². The first-order valence-electron chi connectivity index (χ1n) is 5.52. The lowest BCUT2D eigenvalue weighted by atomic mass is 10.4. The third kappa shape index (κ3) is 5.57. The van der Waals surface area contributed by atoms with E-state index in [-0.39, 0.29) is 0 Å². The Bertz CT molecular complexity index is 351. The number of aromatic nitrogens is 2. The van der Waals surface area contributed by atoms with Crippen LogP contribution in [-0.4, -0.2) is 34.6 Å². The van der Waals surface area contributed by atoms with Crippen molar-refractivity contribution in [1.29, 1.82) is 0 Å². The lowest BCUT2D eigenvalue weighted by Gasteiger charge is -2.14. The molecule has 0 radical (unpaired) electrons. The number of hydrogen-bond donors (Lipinski definition) is 1. The fraction of sp³-hybridized carbons (Fsp3) is 0.636. The molecule has 4 nitrogen and oxygen atoms in total. The summed E-state index contributed by atoms with van der Waals surface area (Å²) >= 11 is 7.81. The second kappa shape index (κ2) is 7.74. The van der Waals surface area contributed by atoms with Crippen LogP contribution < -0.4 is 5.32 Å². The molecule has 1 atom stereocenters. The zero-order chi connectivity index (χ0) is 12.7. The first-order chi connectivity index (χ1) is 8.15. The van der Waals surface area contributed by atoms with Crippen LogP contribution in [0.3, 0.4) is 0 Å². The Hall–Kier alpha value is -0.520. The number of rotatable bonds is 7. The summed E-state index contributed by atoms with van der Waals surface area (Å²) in [6.07, 6.45) is 0. The third-order valence-corrected chi connectivity index (χ3v) is 3.32. The van der Waals surface area contributed by atoms with Crippen LogP contribution in [0.25, 0.3) is 0 Å². The molecule has 0 aliphatic heterocycles. The van der Waals surface area contributed by atoms with E-state index in [1.807, 2.05) is 11.8 Å². The van der Waals surface area contributed by atoms with Gasteiger partial charge in [0.2, 0.25) is 0 Å². The predicted molar refractivity (Wildman–Crippen MR) is 73.8 cm³/mol. The van der Waals surface area contributed by atoms with Gasteiger partial charge in [0, 0.05) is 25.0 Å². The molecular weight excluding hydrogens is 258 g/mol. The maximum atomic E-state index is 5.92. The number of nitrogens with one attached hydrogen (secondary N) is 1. The fourth-order valence-electron chi connectivity index (χ4n) is 1.32. The van der Waals surface area contributed by atoms with Gasteiger partial charge < -0.3 is 10.1 Å². The van der Waals surface area contributed by atoms with E-state index in [9.17, 15) is 0 Å². The van der Waals surface area contributed by atoms with E-state index in [0.717, 1.165) is 17.3 Å². The Kier molecular flexibility index (Phi) is 6.62. The Morgan fingerprint density at radius 3 is 2.94 bits per heavy atom. The molecule has 0 aliphatic carbocycles. The van der Waals surface area contributed by atoms with Crippen molar-refractivity contribution in [3.63, 3.8) is 0 Å². The number of ether oxygens (including phenoxy) is 1. The van der Waals surface area contributed by atoms with Crippen LogP contribution in [0.4, 0.5) is 5.82 Å². The highest BCUT2D eigenvalue weighted by Crippen LogP contribution is 2.14. The van der Waals surface area contributed by atoms with E-state index in [2.05, 4.69) is 29.1 Å². The van der Waals surface area contributed by atoms with E-state index in [0.29, 0.717) is 23.6 Å². The zero-order valence-corrected chi connectivity index (χ0v) is 11.9. The van der Waals surface area contributed by atoms with Crippen LogP contribution >= 0.6 is 23.4 Å². The first kappa shape index (κ1) is 14.5. The van der Waals surface area contributed by atoms with Crippen LogP contribution in [0, 0.1) is 0 Å². The first-order valence-corrected chi connectivity index (χ1v) is 7.05. The third-order valence-electron chi connectivity index (χ3n) is 1.98. The van der Waals surface area contributed by atoms with Gasteiger partial charge in [-0.3, -0.25) is 0 Å². The summed E-state index contributed by atoms with van der Waals surface area (Å²) in [6, 6.07) is 2.08. The van der Waals surface area contributed by atoms with E-state index < -0.39 is 0 Å². The maximum Gasteiger partial charge on any atom is 0.158 e. The minimum atomic E-state index is 0.348. The second-order valence-electron chi connectivity index (χ2n) is 3.63. The Labute approximate surface area is 112 Å². The van der Waals surface area contributed by atoms with Crippen molar-refractivity contribution in [2.75, 3.05) is 23.9 Å². The minimum Gasteiger partial charge on any atom is -0.377 e. The summed E-state index contributed by atoms with van der Waals surface area (Å²) in [6.45, 7) is 4.64. The molecule has 1 unspecified atom stereocenters. The lowest BCUT2D eigenvalue weighted by molar-refractivity contribution is 0.178. The number of nitrogens with zero attached hydrogens (tertiary/aromatic N) is 2. The van der Waals surface area contributed by atoms with Gasteiger partial charge in [-0.25, -0.2) is 9.97 Å². The molecule has 0 aliphatic rings. The number of anilines is 1. The molecular formula is C11H18ClN3OS. The van der Waals surface area contributed by atoms with Crippen LogP contribution in [0.2, 0.25) is 5.15 Å². The van der Waals surface area contributed by atoms with Gasteiger partial charge in [-0.2, -0.15) is 11.8 Å². The van der Waals surface area contributed by atoms with Gasteiger partial charge >= 0.3 is 0 Å². The Balaban J connectivity index is 2.63. The fourth-order valence-corrected chi connectivity index (χ4v) is 2.19. The average molecular weight is 276 g/mol. The van der Waals surface area contributed by atoms with Crippen LogP contribution in [-0.2, 0) is 11.3 Å². The Morgan fingerprint density at radius 2 is 2.29 bits per heavy atom. The summed E-state index contributed by atoms with van der Waals surface area (Å²) < 4.78 is 4.99. The topological polar surface area (TPSA) is 47.0 Å². The molecule has 0 fully saturated rings. The average Bonchev–Trinajstić information content (AvgIpc) is 2.26. The highest BCUT2D eigenvalue weighted by molar-refractivity contribution is 7.99. The van der Waals surface area contributed by atoms with Crippen molar-refractivity contribution >= 4 is 29.2 Å². The normalized spacial score (nSPS) is 12.5. The largest absolute Gasteiger partial charge is 0.377 e. The van der Waals surface area contributed by atoms with Crippen molar-refractivity contribution in [3.8, 4) is 0 Å². The lowest BCUT2D eigenvalue weighted by Crippen LogP contribution is -2.19. The van der Waals surface area contributed by atoms with Gasteiger partial charge in [-0.15, -0.1) is 0 Å². The highest BCUT2D eigenvalue weighted by Gasteiger charge is 2.06. The zero-order valence-electron chi connectivity index (χ0n) is 10.4. The molecule has 0 amide bonds. The van der Waals surface area contributed by atoms with Crippen LogP contribution in [0.5, 0.6) is 0 Å². The predicted octanol–water partition coefficient (Wildman–Crippen LogP) is 2.83. The van der Waals surface area contributed by atoms with Crippen molar-refractivity contribution in [3.05, 3.63) is 17.0 Å². The molecule has 0 saturated carbocycles. The molecule has 1 aromatic rings. The minimum absolute atomic E-state index is 0.348. The standard InChI is InChI=1S/C11H18ClN3OS/c1-4-17-7-8(2)13-10-5-9(12)14-11(15-10)6-16-3/h5,8H,4,6-7H2,1-3H3,(H,13,14,15). The van der Waals surface area contributed by atoms with E-state index in [1.165, 1.54) is 0 Å². The number of hydrogen-bond acceptors (Lipinski definition) is 5. The van der Waals surface area contributed by atoms with E-state index in [4.69, 9.17) is 16.3 Å². The molecule has 0 aromatic carbocycles. The van der Waals surface area contributed by atoms with Crippen LogP contribution in [0.1, 0.15) is 19.7 Å². The SMILES string of the molecule is CCSCC(C)Nc1cc(Cl)nc(COC)n1. The number of halogens is 1. The van der Waals surface area contributed by atoms with E-state index >= 15 is 0 Å². The summed E-state index contributed by atoms with van der Waals surface area (Å²) in [5.41, 5.74) is 0. The van der Waals surface area contributed by atoms with Gasteiger partial charge in [0.1, 0.15) is 17.6 Å². The van der Waals surface area contributed by atoms with Crippen LogP contribution in [0.15, 0.2) is 6.07 Å². The monoisotopic (exact) mass is 275 g/mol. The Morgan fingerprint density at radius 1 is 1.53 bits per heavy atom. The second-order valence-corrected chi connectivity index (χ2v) is 5.34. The molecule has 0 bridgehead atoms. The van der Waals surface area contributed by atoms with E-state index in [1.54, 1.807) is 13.2 Å². The summed E-state index contributed by atoms with van der Waals surface area (Å²) in [7, 11) is 1.61. The molecule has 17 heavy (non-hydrogen) atoms. The van der Waals surface area contributed by atoms with Gasteiger partial charge in [0.05, 0.1) is 0 Å². The van der Waals surface area contributed by atoms with Crippen molar-refractivity contribution in [2.45, 2.75) is 26.5 Å². The molecule has 1 N–H and O–H groups in total. The maximum absolute atomic E-state index is 5.92. The number of methoxy groups -OCH3 is 1. The van der Waals surface area contributed by atoms with Crippen molar-refractivity contribution in [1.82, 2.24) is 9.97 Å². The molecule has 0 spiro atoms. The smallest absolute Gasteiger partial charge is 0.158 e. The van der Waals surface area contributed by atoms with Gasteiger partial charge in [-0.1, -0.05) is 18.5 Å². The quantitative estimate of drug-likeness (QED) is 0.776. The molecule has 96 valence electrons. The molecule has 0 saturated heterocycles. The van der Waals surface area contributed by atoms with Crippen molar-refractivity contribution < 1.29 is 4.74 Å². The highest BCUT2D eigenvalue weighted by atomic mass is 35.5. The summed E-state index contributed by atoms with van der Waals surface area (Å²) in [5.74, 6) is 3.50. The summed E-state index contributed by atoms with van der Waals surface area (Å²) in [5, 5.41) is 3.74. The molecule has 1 rings (SSSR count). The van der Waals surface area contributed by atoms with Crippen molar-refractivity contribution in [2.24, 2.45) is 0 Å². The molecule has 1 heterocycles. The number of thioether (sulfide) groups is 1.